The van der Waals surface area contributed by atoms with Crippen LogP contribution in [0.5, 0.6) is 23.4 Å². The van der Waals surface area contributed by atoms with Crippen LogP contribution < -0.4 is 14.2 Å². The maximum absolute atomic E-state index is 5.56. The molecule has 0 aliphatic heterocycles. The van der Waals surface area contributed by atoms with Crippen LogP contribution in [0.1, 0.15) is 6.92 Å². The summed E-state index contributed by atoms with van der Waals surface area (Å²) < 4.78 is 16.7. The number of benzene rings is 1. The summed E-state index contributed by atoms with van der Waals surface area (Å²) in [6.07, 6.45) is 1.58. The van der Waals surface area contributed by atoms with E-state index in [9.17, 15) is 0 Å². The molecule has 100 valence electrons. The number of rotatable bonds is 5. The SMILES string of the molecule is CCOc1cccc(Oc2ncc(Br)c(OC)n2)c1. The molecule has 0 bridgehead atoms. The Kier molecular flexibility index (Phi) is 4.57. The van der Waals surface area contributed by atoms with Gasteiger partial charge in [-0.3, -0.25) is 0 Å². The number of hydrogen-bond acceptors (Lipinski definition) is 5. The van der Waals surface area contributed by atoms with Crippen LogP contribution in [0.2, 0.25) is 0 Å². The van der Waals surface area contributed by atoms with E-state index >= 15 is 0 Å². The summed E-state index contributed by atoms with van der Waals surface area (Å²) in [7, 11) is 1.53. The van der Waals surface area contributed by atoms with Gasteiger partial charge < -0.3 is 14.2 Å². The first-order valence-corrected chi connectivity index (χ1v) is 6.49. The molecule has 6 heteroatoms. The van der Waals surface area contributed by atoms with Crippen molar-refractivity contribution in [1.82, 2.24) is 9.97 Å². The maximum Gasteiger partial charge on any atom is 0.325 e. The fourth-order valence-corrected chi connectivity index (χ4v) is 1.78. The van der Waals surface area contributed by atoms with E-state index in [1.54, 1.807) is 18.3 Å². The van der Waals surface area contributed by atoms with E-state index in [0.29, 0.717) is 22.7 Å². The van der Waals surface area contributed by atoms with Gasteiger partial charge in [0.15, 0.2) is 0 Å². The smallest absolute Gasteiger partial charge is 0.325 e. The second-order valence-corrected chi connectivity index (χ2v) is 4.37. The van der Waals surface area contributed by atoms with E-state index in [-0.39, 0.29) is 6.01 Å². The van der Waals surface area contributed by atoms with Crippen molar-refractivity contribution in [2.75, 3.05) is 13.7 Å². The minimum atomic E-state index is 0.216. The van der Waals surface area contributed by atoms with Gasteiger partial charge >= 0.3 is 6.01 Å². The Bertz CT molecular complexity index is 563. The summed E-state index contributed by atoms with van der Waals surface area (Å²) in [4.78, 5) is 8.18. The quantitative estimate of drug-likeness (QED) is 0.843. The topological polar surface area (TPSA) is 53.5 Å². The number of aromatic nitrogens is 2. The molecule has 2 aromatic rings. The van der Waals surface area contributed by atoms with Crippen LogP contribution >= 0.6 is 15.9 Å². The van der Waals surface area contributed by atoms with E-state index in [1.165, 1.54) is 7.11 Å². The summed E-state index contributed by atoms with van der Waals surface area (Å²) >= 11 is 3.28. The Balaban J connectivity index is 2.18. The minimum Gasteiger partial charge on any atom is -0.494 e. The monoisotopic (exact) mass is 324 g/mol. The highest BCUT2D eigenvalue weighted by atomic mass is 79.9. The highest BCUT2D eigenvalue weighted by Gasteiger charge is 2.07. The molecule has 0 atom stereocenters. The average molecular weight is 325 g/mol. The number of hydrogen-bond donors (Lipinski definition) is 0. The lowest BCUT2D eigenvalue weighted by Gasteiger charge is -2.08. The Morgan fingerprint density at radius 3 is 2.79 bits per heavy atom. The maximum atomic E-state index is 5.56. The predicted octanol–water partition coefficient (Wildman–Crippen LogP) is 3.44. The number of methoxy groups -OCH3 is 1. The third kappa shape index (κ3) is 3.57. The molecule has 1 aromatic carbocycles. The molecule has 2 rings (SSSR count). The van der Waals surface area contributed by atoms with Crippen molar-refractivity contribution < 1.29 is 14.2 Å². The minimum absolute atomic E-state index is 0.216. The van der Waals surface area contributed by atoms with E-state index < -0.39 is 0 Å². The van der Waals surface area contributed by atoms with Gasteiger partial charge in [-0.15, -0.1) is 0 Å². The lowest BCUT2D eigenvalue weighted by atomic mass is 10.3. The van der Waals surface area contributed by atoms with Gasteiger partial charge in [0.25, 0.3) is 0 Å². The summed E-state index contributed by atoms with van der Waals surface area (Å²) in [6.45, 7) is 2.53. The molecular weight excluding hydrogens is 312 g/mol. The molecule has 0 saturated heterocycles. The zero-order chi connectivity index (χ0) is 13.7. The molecule has 0 aliphatic carbocycles. The normalized spacial score (nSPS) is 10.1. The predicted molar refractivity (Wildman–Crippen MR) is 74.0 cm³/mol. The number of ether oxygens (including phenoxy) is 3. The van der Waals surface area contributed by atoms with E-state index in [4.69, 9.17) is 14.2 Å². The van der Waals surface area contributed by atoms with Gasteiger partial charge in [0.05, 0.1) is 24.4 Å². The zero-order valence-corrected chi connectivity index (χ0v) is 12.2. The fourth-order valence-electron chi connectivity index (χ4n) is 1.43. The van der Waals surface area contributed by atoms with Gasteiger partial charge in [0.2, 0.25) is 5.88 Å². The van der Waals surface area contributed by atoms with Gasteiger partial charge in [-0.1, -0.05) is 6.07 Å². The van der Waals surface area contributed by atoms with Gasteiger partial charge in [0.1, 0.15) is 11.5 Å². The third-order valence-corrected chi connectivity index (χ3v) is 2.75. The van der Waals surface area contributed by atoms with Crippen LogP contribution in [0.25, 0.3) is 0 Å². The van der Waals surface area contributed by atoms with Gasteiger partial charge in [0, 0.05) is 6.07 Å². The summed E-state index contributed by atoms with van der Waals surface area (Å²) in [6, 6.07) is 7.51. The first-order valence-electron chi connectivity index (χ1n) is 5.70. The number of halogens is 1. The number of nitrogens with zero attached hydrogens (tertiary/aromatic N) is 2. The van der Waals surface area contributed by atoms with E-state index in [1.807, 2.05) is 19.1 Å². The van der Waals surface area contributed by atoms with Gasteiger partial charge in [-0.05, 0) is 35.0 Å². The van der Waals surface area contributed by atoms with Crippen LogP contribution in [0.4, 0.5) is 0 Å². The second-order valence-electron chi connectivity index (χ2n) is 3.52. The summed E-state index contributed by atoms with van der Waals surface area (Å²) in [5, 5.41) is 0. The molecule has 5 nitrogen and oxygen atoms in total. The van der Waals surface area contributed by atoms with Crippen molar-refractivity contribution in [3.05, 3.63) is 34.9 Å². The molecule has 0 aliphatic rings. The van der Waals surface area contributed by atoms with Gasteiger partial charge in [-0.2, -0.15) is 4.98 Å². The van der Waals surface area contributed by atoms with Crippen molar-refractivity contribution in [1.29, 1.82) is 0 Å². The Labute approximate surface area is 119 Å². The first kappa shape index (κ1) is 13.6. The van der Waals surface area contributed by atoms with Gasteiger partial charge in [-0.25, -0.2) is 4.98 Å². The van der Waals surface area contributed by atoms with E-state index in [2.05, 4.69) is 25.9 Å². The molecule has 0 amide bonds. The molecule has 0 spiro atoms. The van der Waals surface area contributed by atoms with Crippen molar-refractivity contribution in [3.8, 4) is 23.4 Å². The fraction of sp³-hybridized carbons (Fsp3) is 0.231. The standard InChI is InChI=1S/C13H13BrN2O3/c1-3-18-9-5-4-6-10(7-9)19-13-15-8-11(14)12(16-13)17-2/h4-8H,3H2,1-2H3. The highest BCUT2D eigenvalue weighted by molar-refractivity contribution is 9.10. The molecule has 0 N–H and O–H groups in total. The highest BCUT2D eigenvalue weighted by Crippen LogP contribution is 2.27. The second kappa shape index (κ2) is 6.38. The third-order valence-electron chi connectivity index (χ3n) is 2.21. The average Bonchev–Trinajstić information content (AvgIpc) is 2.42. The zero-order valence-electron chi connectivity index (χ0n) is 10.6. The van der Waals surface area contributed by atoms with Crippen LogP contribution in [0, 0.1) is 0 Å². The molecular formula is C13H13BrN2O3. The van der Waals surface area contributed by atoms with Crippen molar-refractivity contribution in [3.63, 3.8) is 0 Å². The Morgan fingerprint density at radius 2 is 2.05 bits per heavy atom. The van der Waals surface area contributed by atoms with E-state index in [0.717, 1.165) is 5.75 Å². The van der Waals surface area contributed by atoms with Crippen molar-refractivity contribution in [2.45, 2.75) is 6.92 Å². The van der Waals surface area contributed by atoms with Crippen molar-refractivity contribution >= 4 is 15.9 Å². The van der Waals surface area contributed by atoms with Crippen molar-refractivity contribution in [2.24, 2.45) is 0 Å². The largest absolute Gasteiger partial charge is 0.494 e. The molecule has 1 heterocycles. The molecule has 0 radical (unpaired) electrons. The Hall–Kier alpha value is -1.82. The lowest BCUT2D eigenvalue weighted by Crippen LogP contribution is -1.96. The van der Waals surface area contributed by atoms with Crippen LogP contribution in [-0.4, -0.2) is 23.7 Å². The molecule has 0 saturated carbocycles. The van der Waals surface area contributed by atoms with Crippen LogP contribution in [0.3, 0.4) is 0 Å². The van der Waals surface area contributed by atoms with Crippen LogP contribution in [0.15, 0.2) is 34.9 Å². The Morgan fingerprint density at radius 1 is 1.26 bits per heavy atom. The molecule has 1 aromatic heterocycles. The molecule has 0 unspecified atom stereocenters. The first-order chi connectivity index (χ1) is 9.22. The molecule has 19 heavy (non-hydrogen) atoms. The summed E-state index contributed by atoms with van der Waals surface area (Å²) in [5.74, 6) is 1.77. The lowest BCUT2D eigenvalue weighted by molar-refractivity contribution is 0.336. The van der Waals surface area contributed by atoms with Crippen LogP contribution in [-0.2, 0) is 0 Å². The summed E-state index contributed by atoms with van der Waals surface area (Å²) in [5.41, 5.74) is 0. The molecule has 0 fully saturated rings.